The molecule has 1 saturated heterocycles. The average molecular weight is 322 g/mol. The van der Waals surface area contributed by atoms with Crippen molar-refractivity contribution in [2.75, 3.05) is 4.90 Å². The van der Waals surface area contributed by atoms with E-state index >= 15 is 0 Å². The number of benzene rings is 1. The Kier molecular flexibility index (Phi) is 3.65. The highest BCUT2D eigenvalue weighted by Gasteiger charge is 2.56. The van der Waals surface area contributed by atoms with Gasteiger partial charge in [0, 0.05) is 5.69 Å². The lowest BCUT2D eigenvalue weighted by Gasteiger charge is -2.37. The van der Waals surface area contributed by atoms with Crippen LogP contribution in [0.3, 0.4) is 0 Å². The van der Waals surface area contributed by atoms with Gasteiger partial charge in [0.25, 0.3) is 0 Å². The molecule has 1 heterocycles. The third-order valence-corrected chi connectivity index (χ3v) is 5.25. The van der Waals surface area contributed by atoms with Crippen LogP contribution in [0.1, 0.15) is 39.0 Å². The van der Waals surface area contributed by atoms with Gasteiger partial charge in [-0.25, -0.2) is 8.78 Å². The van der Waals surface area contributed by atoms with Crippen LogP contribution >= 0.6 is 0 Å². The van der Waals surface area contributed by atoms with E-state index in [0.29, 0.717) is 37.8 Å². The van der Waals surface area contributed by atoms with Crippen molar-refractivity contribution in [1.29, 1.82) is 0 Å². The van der Waals surface area contributed by atoms with Gasteiger partial charge in [0.05, 0.1) is 5.41 Å². The molecule has 0 aromatic heterocycles. The summed E-state index contributed by atoms with van der Waals surface area (Å²) in [5.74, 6) is -1.21. The van der Waals surface area contributed by atoms with Gasteiger partial charge < -0.3 is 5.73 Å². The minimum Gasteiger partial charge on any atom is -0.368 e. The molecule has 1 spiro atoms. The second-order valence-corrected chi connectivity index (χ2v) is 6.97. The maximum absolute atomic E-state index is 14.1. The molecule has 1 unspecified atom stereocenters. The molecule has 3 rings (SSSR count). The van der Waals surface area contributed by atoms with E-state index in [9.17, 15) is 18.4 Å². The quantitative estimate of drug-likeness (QED) is 0.910. The Labute approximate surface area is 133 Å². The fraction of sp³-hybridized carbons (Fsp3) is 0.529. The summed E-state index contributed by atoms with van der Waals surface area (Å²) in [4.78, 5) is 26.2. The van der Waals surface area contributed by atoms with Crippen molar-refractivity contribution < 1.29 is 18.4 Å². The van der Waals surface area contributed by atoms with Crippen LogP contribution in [-0.4, -0.2) is 23.5 Å². The fourth-order valence-electron chi connectivity index (χ4n) is 3.74. The van der Waals surface area contributed by atoms with Crippen LogP contribution in [0.4, 0.5) is 14.5 Å². The number of primary amides is 1. The molecule has 23 heavy (non-hydrogen) atoms. The topological polar surface area (TPSA) is 63.4 Å². The van der Waals surface area contributed by atoms with E-state index in [0.717, 1.165) is 0 Å². The van der Waals surface area contributed by atoms with E-state index in [2.05, 4.69) is 0 Å². The standard InChI is InChI=1S/C17H20F2N2O2/c1-16(19)6-8-17(9-7-16)10-13(14(20)22)21(15(17)23)12-4-2-11(18)3-5-12/h2-5,13H,6-10H2,1H3,(H2,20,22). The number of amides is 2. The molecule has 6 heteroatoms. The molecule has 124 valence electrons. The molecule has 2 amide bonds. The maximum Gasteiger partial charge on any atom is 0.240 e. The normalized spacial score (nSPS) is 34.1. The van der Waals surface area contributed by atoms with E-state index in [1.165, 1.54) is 29.2 Å². The van der Waals surface area contributed by atoms with Crippen LogP contribution in [-0.2, 0) is 9.59 Å². The predicted molar refractivity (Wildman–Crippen MR) is 81.9 cm³/mol. The molecule has 2 fully saturated rings. The number of hydrogen-bond donors (Lipinski definition) is 1. The first-order valence-corrected chi connectivity index (χ1v) is 7.82. The minimum absolute atomic E-state index is 0.205. The largest absolute Gasteiger partial charge is 0.368 e. The number of rotatable bonds is 2. The van der Waals surface area contributed by atoms with Crippen molar-refractivity contribution >= 4 is 17.5 Å². The van der Waals surface area contributed by atoms with Gasteiger partial charge in [0.2, 0.25) is 11.8 Å². The maximum atomic E-state index is 14.1. The number of halogens is 2. The zero-order valence-electron chi connectivity index (χ0n) is 13.0. The van der Waals surface area contributed by atoms with Gasteiger partial charge >= 0.3 is 0 Å². The van der Waals surface area contributed by atoms with Gasteiger partial charge in [0.1, 0.15) is 17.5 Å². The zero-order chi connectivity index (χ0) is 16.8. The first kappa shape index (κ1) is 15.9. The Morgan fingerprint density at radius 3 is 2.30 bits per heavy atom. The average Bonchev–Trinajstić information content (AvgIpc) is 2.78. The third-order valence-electron chi connectivity index (χ3n) is 5.25. The lowest BCUT2D eigenvalue weighted by atomic mass is 9.68. The molecule has 0 bridgehead atoms. The molecule has 1 aromatic carbocycles. The molecule has 2 N–H and O–H groups in total. The van der Waals surface area contributed by atoms with Gasteiger partial charge in [-0.2, -0.15) is 0 Å². The third kappa shape index (κ3) is 2.71. The number of nitrogens with zero attached hydrogens (tertiary/aromatic N) is 1. The van der Waals surface area contributed by atoms with Crippen molar-refractivity contribution in [2.45, 2.75) is 50.7 Å². The van der Waals surface area contributed by atoms with E-state index in [4.69, 9.17) is 5.73 Å². The highest BCUT2D eigenvalue weighted by atomic mass is 19.1. The molecule has 1 aliphatic heterocycles. The number of hydrogen-bond acceptors (Lipinski definition) is 2. The molecular weight excluding hydrogens is 302 g/mol. The monoisotopic (exact) mass is 322 g/mol. The second kappa shape index (κ2) is 5.28. The molecule has 1 atom stereocenters. The first-order chi connectivity index (χ1) is 10.7. The predicted octanol–water partition coefficient (Wildman–Crippen LogP) is 2.70. The molecule has 1 aromatic rings. The van der Waals surface area contributed by atoms with Crippen molar-refractivity contribution in [3.8, 4) is 0 Å². The van der Waals surface area contributed by atoms with E-state index in [1.54, 1.807) is 6.92 Å². The Bertz CT molecular complexity index is 632. The molecule has 4 nitrogen and oxygen atoms in total. The summed E-state index contributed by atoms with van der Waals surface area (Å²) in [6.07, 6.45) is 1.69. The number of alkyl halides is 1. The number of nitrogens with two attached hydrogens (primary N) is 1. The van der Waals surface area contributed by atoms with Crippen LogP contribution in [0.5, 0.6) is 0 Å². The van der Waals surface area contributed by atoms with Crippen molar-refractivity contribution in [1.82, 2.24) is 0 Å². The molecule has 2 aliphatic rings. The second-order valence-electron chi connectivity index (χ2n) is 6.97. The van der Waals surface area contributed by atoms with Crippen LogP contribution in [0, 0.1) is 11.2 Å². The van der Waals surface area contributed by atoms with Crippen molar-refractivity contribution in [2.24, 2.45) is 11.1 Å². The number of carbonyl (C=O) groups excluding carboxylic acids is 2. The summed E-state index contributed by atoms with van der Waals surface area (Å²) in [5.41, 5.74) is 3.93. The van der Waals surface area contributed by atoms with Crippen LogP contribution in [0.2, 0.25) is 0 Å². The Morgan fingerprint density at radius 2 is 1.78 bits per heavy atom. The smallest absolute Gasteiger partial charge is 0.240 e. The number of anilines is 1. The highest BCUT2D eigenvalue weighted by molar-refractivity contribution is 6.06. The van der Waals surface area contributed by atoms with Gasteiger partial charge in [-0.15, -0.1) is 0 Å². The fourth-order valence-corrected chi connectivity index (χ4v) is 3.74. The van der Waals surface area contributed by atoms with Crippen LogP contribution < -0.4 is 10.6 Å². The lowest BCUT2D eigenvalue weighted by Crippen LogP contribution is -2.44. The minimum atomic E-state index is -1.27. The Hall–Kier alpha value is -1.98. The van der Waals surface area contributed by atoms with Gasteiger partial charge in [0.15, 0.2) is 0 Å². The Balaban J connectivity index is 1.94. The molecule has 0 radical (unpaired) electrons. The van der Waals surface area contributed by atoms with E-state index in [1.807, 2.05) is 0 Å². The summed E-state index contributed by atoms with van der Waals surface area (Å²) in [6, 6.07) is 4.64. The van der Waals surface area contributed by atoms with Gasteiger partial charge in [-0.1, -0.05) is 0 Å². The number of carbonyl (C=O) groups is 2. The summed E-state index contributed by atoms with van der Waals surface area (Å²) in [7, 11) is 0. The summed E-state index contributed by atoms with van der Waals surface area (Å²) < 4.78 is 27.2. The molecule has 1 saturated carbocycles. The summed E-state index contributed by atoms with van der Waals surface area (Å²) in [5, 5.41) is 0. The summed E-state index contributed by atoms with van der Waals surface area (Å²) >= 11 is 0. The Morgan fingerprint density at radius 1 is 1.22 bits per heavy atom. The van der Waals surface area contributed by atoms with E-state index < -0.39 is 28.8 Å². The van der Waals surface area contributed by atoms with Gasteiger partial charge in [-0.3, -0.25) is 14.5 Å². The molecule has 1 aliphatic carbocycles. The van der Waals surface area contributed by atoms with Crippen LogP contribution in [0.25, 0.3) is 0 Å². The SMILES string of the molecule is CC1(F)CCC2(CC1)CC(C(N)=O)N(c1ccc(F)cc1)C2=O. The first-order valence-electron chi connectivity index (χ1n) is 7.82. The zero-order valence-corrected chi connectivity index (χ0v) is 13.0. The highest BCUT2D eigenvalue weighted by Crippen LogP contribution is 2.51. The van der Waals surface area contributed by atoms with Crippen molar-refractivity contribution in [3.05, 3.63) is 30.1 Å². The summed E-state index contributed by atoms with van der Waals surface area (Å²) in [6.45, 7) is 1.54. The van der Waals surface area contributed by atoms with Crippen molar-refractivity contribution in [3.63, 3.8) is 0 Å². The molecular formula is C17H20F2N2O2. The lowest BCUT2D eigenvalue weighted by molar-refractivity contribution is -0.128. The van der Waals surface area contributed by atoms with Gasteiger partial charge in [-0.05, 0) is 63.3 Å². The van der Waals surface area contributed by atoms with E-state index in [-0.39, 0.29) is 5.91 Å². The van der Waals surface area contributed by atoms with Crippen LogP contribution in [0.15, 0.2) is 24.3 Å².